The highest BCUT2D eigenvalue weighted by atomic mass is 16.5. The highest BCUT2D eigenvalue weighted by Gasteiger charge is 2.21. The molecule has 0 saturated carbocycles. The minimum absolute atomic E-state index is 0.0654. The van der Waals surface area contributed by atoms with Crippen LogP contribution in [0.5, 0.6) is 11.5 Å². The molecule has 3 N–H and O–H groups in total. The Morgan fingerprint density at radius 1 is 1.21 bits per heavy atom. The zero-order valence-corrected chi connectivity index (χ0v) is 16.9. The van der Waals surface area contributed by atoms with Crippen molar-refractivity contribution in [3.8, 4) is 11.5 Å². The summed E-state index contributed by atoms with van der Waals surface area (Å²) in [5.74, 6) is 2.30. The molecular weight excluding hydrogens is 368 g/mol. The van der Waals surface area contributed by atoms with Gasteiger partial charge < -0.3 is 25.4 Å². The summed E-state index contributed by atoms with van der Waals surface area (Å²) in [6.07, 6.45) is 0.947. The van der Waals surface area contributed by atoms with Gasteiger partial charge in [0, 0.05) is 31.6 Å². The first-order valence-corrected chi connectivity index (χ1v) is 9.91. The SMILES string of the molecule is CCNC(=NCC1Cc2ccccc2O1)NCCOc1cccc(NC(C)=O)c1. The first kappa shape index (κ1) is 20.5. The van der Waals surface area contributed by atoms with Gasteiger partial charge in [0.05, 0.1) is 13.1 Å². The van der Waals surface area contributed by atoms with Crippen molar-refractivity contribution in [2.24, 2.45) is 4.99 Å². The van der Waals surface area contributed by atoms with Crippen molar-refractivity contribution in [3.63, 3.8) is 0 Å². The van der Waals surface area contributed by atoms with Crippen molar-refractivity contribution >= 4 is 17.6 Å². The van der Waals surface area contributed by atoms with Crippen LogP contribution in [0.1, 0.15) is 19.4 Å². The molecule has 29 heavy (non-hydrogen) atoms. The number of rotatable bonds is 8. The lowest BCUT2D eigenvalue weighted by Gasteiger charge is -2.14. The van der Waals surface area contributed by atoms with Gasteiger partial charge in [-0.25, -0.2) is 4.99 Å². The van der Waals surface area contributed by atoms with E-state index < -0.39 is 0 Å². The highest BCUT2D eigenvalue weighted by Crippen LogP contribution is 2.28. The minimum Gasteiger partial charge on any atom is -0.492 e. The van der Waals surface area contributed by atoms with Crippen LogP contribution in [0, 0.1) is 0 Å². The Hall–Kier alpha value is -3.22. The summed E-state index contributed by atoms with van der Waals surface area (Å²) >= 11 is 0. The summed E-state index contributed by atoms with van der Waals surface area (Å²) in [6, 6.07) is 15.5. The van der Waals surface area contributed by atoms with Crippen LogP contribution in [-0.2, 0) is 11.2 Å². The maximum Gasteiger partial charge on any atom is 0.221 e. The third-order valence-corrected chi connectivity index (χ3v) is 4.33. The average Bonchev–Trinajstić information content (AvgIpc) is 3.12. The van der Waals surface area contributed by atoms with Crippen LogP contribution >= 0.6 is 0 Å². The smallest absolute Gasteiger partial charge is 0.221 e. The van der Waals surface area contributed by atoms with E-state index in [1.807, 2.05) is 43.3 Å². The van der Waals surface area contributed by atoms with Gasteiger partial charge in [-0.1, -0.05) is 24.3 Å². The largest absolute Gasteiger partial charge is 0.492 e. The number of aliphatic imine (C=N–C) groups is 1. The fourth-order valence-corrected chi connectivity index (χ4v) is 3.10. The second-order valence-electron chi connectivity index (χ2n) is 6.76. The van der Waals surface area contributed by atoms with Crippen molar-refractivity contribution in [2.45, 2.75) is 26.4 Å². The summed E-state index contributed by atoms with van der Waals surface area (Å²) in [4.78, 5) is 15.8. The quantitative estimate of drug-likeness (QED) is 0.363. The number of nitrogens with zero attached hydrogens (tertiary/aromatic N) is 1. The molecular formula is C22H28N4O3. The zero-order chi connectivity index (χ0) is 20.5. The second-order valence-corrected chi connectivity index (χ2v) is 6.76. The molecule has 0 saturated heterocycles. The average molecular weight is 396 g/mol. The first-order valence-electron chi connectivity index (χ1n) is 9.91. The molecule has 0 bridgehead atoms. The molecule has 0 fully saturated rings. The van der Waals surface area contributed by atoms with E-state index in [9.17, 15) is 4.79 Å². The van der Waals surface area contributed by atoms with Crippen LogP contribution in [0.3, 0.4) is 0 Å². The van der Waals surface area contributed by atoms with E-state index in [0.717, 1.165) is 30.4 Å². The molecule has 1 unspecified atom stereocenters. The third-order valence-electron chi connectivity index (χ3n) is 4.33. The van der Waals surface area contributed by atoms with Gasteiger partial charge in [0.25, 0.3) is 0 Å². The van der Waals surface area contributed by atoms with E-state index in [2.05, 4.69) is 27.0 Å². The Morgan fingerprint density at radius 3 is 2.86 bits per heavy atom. The molecule has 154 valence electrons. The van der Waals surface area contributed by atoms with Crippen LogP contribution in [0.25, 0.3) is 0 Å². The Morgan fingerprint density at radius 2 is 2.07 bits per heavy atom. The maximum absolute atomic E-state index is 11.2. The summed E-state index contributed by atoms with van der Waals surface area (Å²) in [7, 11) is 0. The molecule has 1 amide bonds. The first-order chi connectivity index (χ1) is 14.1. The molecule has 1 atom stereocenters. The summed E-state index contributed by atoms with van der Waals surface area (Å²) in [6.45, 7) is 5.94. The molecule has 0 aliphatic carbocycles. The number of ether oxygens (including phenoxy) is 2. The lowest BCUT2D eigenvalue weighted by molar-refractivity contribution is -0.114. The molecule has 2 aromatic carbocycles. The summed E-state index contributed by atoms with van der Waals surface area (Å²) < 4.78 is 11.7. The Kier molecular flexibility index (Phi) is 7.33. The lowest BCUT2D eigenvalue weighted by Crippen LogP contribution is -2.40. The van der Waals surface area contributed by atoms with E-state index in [0.29, 0.717) is 25.4 Å². The zero-order valence-electron chi connectivity index (χ0n) is 16.9. The molecule has 0 spiro atoms. The fraction of sp³-hybridized carbons (Fsp3) is 0.364. The number of hydrogen-bond acceptors (Lipinski definition) is 4. The number of fused-ring (bicyclic) bond motifs is 1. The number of hydrogen-bond donors (Lipinski definition) is 3. The number of carbonyl (C=O) groups is 1. The normalized spacial score (nSPS) is 15.2. The lowest BCUT2D eigenvalue weighted by atomic mass is 10.1. The maximum atomic E-state index is 11.2. The van der Waals surface area contributed by atoms with Crippen LogP contribution in [-0.4, -0.2) is 44.2 Å². The van der Waals surface area contributed by atoms with E-state index >= 15 is 0 Å². The van der Waals surface area contributed by atoms with Crippen molar-refractivity contribution in [2.75, 3.05) is 31.6 Å². The van der Waals surface area contributed by atoms with E-state index in [-0.39, 0.29) is 12.0 Å². The molecule has 2 aromatic rings. The number of carbonyl (C=O) groups excluding carboxylic acids is 1. The number of benzene rings is 2. The topological polar surface area (TPSA) is 84.0 Å². The van der Waals surface area contributed by atoms with E-state index in [1.165, 1.54) is 12.5 Å². The van der Waals surface area contributed by atoms with Gasteiger partial charge in [-0.2, -0.15) is 0 Å². The standard InChI is InChI=1S/C22H28N4O3/c1-3-23-22(25-15-20-13-17-7-4-5-10-21(17)29-20)24-11-12-28-19-9-6-8-18(14-19)26-16(2)27/h4-10,14,20H,3,11-13,15H2,1-2H3,(H,26,27)(H2,23,24,25). The van der Waals surface area contributed by atoms with Gasteiger partial charge in [-0.15, -0.1) is 0 Å². The summed E-state index contributed by atoms with van der Waals surface area (Å²) in [5, 5.41) is 9.25. The van der Waals surface area contributed by atoms with Gasteiger partial charge in [0.15, 0.2) is 5.96 Å². The number of nitrogens with one attached hydrogen (secondary N) is 3. The Bertz CT molecular complexity index is 828. The van der Waals surface area contributed by atoms with Crippen molar-refractivity contribution < 1.29 is 14.3 Å². The van der Waals surface area contributed by atoms with Crippen LogP contribution in [0.2, 0.25) is 0 Å². The van der Waals surface area contributed by atoms with Gasteiger partial charge in [0.1, 0.15) is 24.2 Å². The number of amides is 1. The highest BCUT2D eigenvalue weighted by molar-refractivity contribution is 5.88. The van der Waals surface area contributed by atoms with E-state index in [1.54, 1.807) is 6.07 Å². The molecule has 7 heteroatoms. The monoisotopic (exact) mass is 396 g/mol. The van der Waals surface area contributed by atoms with Gasteiger partial charge in [0.2, 0.25) is 5.91 Å². The predicted octanol–water partition coefficient (Wildman–Crippen LogP) is 2.58. The number of anilines is 1. The number of para-hydroxylation sites is 1. The Balaban J connectivity index is 1.44. The molecule has 1 aliphatic rings. The third kappa shape index (κ3) is 6.41. The van der Waals surface area contributed by atoms with E-state index in [4.69, 9.17) is 9.47 Å². The predicted molar refractivity (Wildman–Crippen MR) is 115 cm³/mol. The van der Waals surface area contributed by atoms with Gasteiger partial charge in [-0.05, 0) is 30.7 Å². The molecule has 3 rings (SSSR count). The van der Waals surface area contributed by atoms with Crippen molar-refractivity contribution in [1.82, 2.24) is 10.6 Å². The fourth-order valence-electron chi connectivity index (χ4n) is 3.10. The van der Waals surface area contributed by atoms with Crippen LogP contribution in [0.4, 0.5) is 5.69 Å². The van der Waals surface area contributed by atoms with Crippen molar-refractivity contribution in [3.05, 3.63) is 54.1 Å². The van der Waals surface area contributed by atoms with Gasteiger partial charge >= 0.3 is 0 Å². The van der Waals surface area contributed by atoms with Crippen LogP contribution in [0.15, 0.2) is 53.5 Å². The second kappa shape index (κ2) is 10.4. The number of guanidine groups is 1. The minimum atomic E-state index is -0.107. The summed E-state index contributed by atoms with van der Waals surface area (Å²) in [5.41, 5.74) is 1.95. The molecule has 0 radical (unpaired) electrons. The van der Waals surface area contributed by atoms with Crippen LogP contribution < -0.4 is 25.4 Å². The van der Waals surface area contributed by atoms with Gasteiger partial charge in [-0.3, -0.25) is 4.79 Å². The molecule has 1 aliphatic heterocycles. The molecule has 0 aromatic heterocycles. The van der Waals surface area contributed by atoms with Crippen molar-refractivity contribution in [1.29, 1.82) is 0 Å². The Labute approximate surface area is 171 Å². The molecule has 7 nitrogen and oxygen atoms in total. The molecule has 1 heterocycles.